The molecule has 0 spiro atoms. The number of benzene rings is 1. The SMILES string of the molecule is Cc1ccccc1-n1ccnc1SCC(=O)N1CCN([C@H]2CCS(=O)(=O)C2)CC1. The lowest BCUT2D eigenvalue weighted by molar-refractivity contribution is -0.130. The normalized spacial score (nSPS) is 22.1. The average Bonchev–Trinajstić information content (AvgIpc) is 3.32. The van der Waals surface area contributed by atoms with Gasteiger partial charge in [-0.25, -0.2) is 13.4 Å². The minimum absolute atomic E-state index is 0.105. The number of imidazole rings is 1. The van der Waals surface area contributed by atoms with Crippen molar-refractivity contribution < 1.29 is 13.2 Å². The van der Waals surface area contributed by atoms with Crippen LogP contribution in [-0.2, 0) is 14.6 Å². The second-order valence-corrected chi connectivity index (χ2v) is 10.8. The summed E-state index contributed by atoms with van der Waals surface area (Å²) in [4.78, 5) is 21.2. The molecular weight excluding hydrogens is 408 g/mol. The van der Waals surface area contributed by atoms with Gasteiger partial charge < -0.3 is 4.90 Å². The third-order valence-corrected chi connectivity index (χ3v) is 8.40. The number of rotatable bonds is 5. The summed E-state index contributed by atoms with van der Waals surface area (Å²) in [5, 5.41) is 0.808. The predicted molar refractivity (Wildman–Crippen MR) is 114 cm³/mol. The zero-order chi connectivity index (χ0) is 20.4. The summed E-state index contributed by atoms with van der Waals surface area (Å²) in [6.07, 6.45) is 4.39. The number of carbonyl (C=O) groups excluding carboxylic acids is 1. The fraction of sp³-hybridized carbons (Fsp3) is 0.500. The average molecular weight is 435 g/mol. The van der Waals surface area contributed by atoms with E-state index in [0.717, 1.165) is 29.5 Å². The van der Waals surface area contributed by atoms with Crippen LogP contribution in [0.1, 0.15) is 12.0 Å². The van der Waals surface area contributed by atoms with Gasteiger partial charge in [0.15, 0.2) is 15.0 Å². The molecule has 1 atom stereocenters. The van der Waals surface area contributed by atoms with Gasteiger partial charge in [-0.2, -0.15) is 0 Å². The van der Waals surface area contributed by atoms with E-state index in [-0.39, 0.29) is 17.7 Å². The van der Waals surface area contributed by atoms with Crippen molar-refractivity contribution in [1.82, 2.24) is 19.4 Å². The molecule has 0 saturated carbocycles. The van der Waals surface area contributed by atoms with E-state index in [4.69, 9.17) is 0 Å². The van der Waals surface area contributed by atoms with Crippen LogP contribution in [0.3, 0.4) is 0 Å². The van der Waals surface area contributed by atoms with Crippen molar-refractivity contribution in [2.24, 2.45) is 0 Å². The molecule has 4 rings (SSSR count). The molecule has 2 aliphatic rings. The molecular formula is C20H26N4O3S2. The van der Waals surface area contributed by atoms with E-state index < -0.39 is 9.84 Å². The van der Waals surface area contributed by atoms with Crippen molar-refractivity contribution in [3.05, 3.63) is 42.2 Å². The van der Waals surface area contributed by atoms with E-state index in [1.807, 2.05) is 33.9 Å². The van der Waals surface area contributed by atoms with E-state index in [1.165, 1.54) is 11.8 Å². The van der Waals surface area contributed by atoms with E-state index in [9.17, 15) is 13.2 Å². The molecule has 7 nitrogen and oxygen atoms in total. The highest BCUT2D eigenvalue weighted by Gasteiger charge is 2.34. The van der Waals surface area contributed by atoms with Gasteiger partial charge in [0.2, 0.25) is 5.91 Å². The molecule has 0 unspecified atom stereocenters. The second kappa shape index (κ2) is 8.49. The Kier molecular flexibility index (Phi) is 5.98. The maximum absolute atomic E-state index is 12.7. The fourth-order valence-corrected chi connectivity index (χ4v) is 6.66. The Morgan fingerprint density at radius 1 is 1.21 bits per heavy atom. The zero-order valence-corrected chi connectivity index (χ0v) is 18.2. The van der Waals surface area contributed by atoms with Crippen LogP contribution in [-0.4, -0.2) is 83.2 Å². The third-order valence-electron chi connectivity index (χ3n) is 5.70. The first-order valence-electron chi connectivity index (χ1n) is 9.87. The molecule has 0 N–H and O–H groups in total. The molecule has 0 bridgehead atoms. The maximum atomic E-state index is 12.7. The number of hydrogen-bond donors (Lipinski definition) is 0. The summed E-state index contributed by atoms with van der Waals surface area (Å²) >= 11 is 1.45. The topological polar surface area (TPSA) is 75.5 Å². The van der Waals surface area contributed by atoms with Crippen molar-refractivity contribution >= 4 is 27.5 Å². The zero-order valence-electron chi connectivity index (χ0n) is 16.5. The molecule has 1 aromatic heterocycles. The summed E-state index contributed by atoms with van der Waals surface area (Å²) in [6.45, 7) is 4.86. The van der Waals surface area contributed by atoms with Crippen LogP contribution in [0.2, 0.25) is 0 Å². The van der Waals surface area contributed by atoms with Crippen LogP contribution in [0.5, 0.6) is 0 Å². The van der Waals surface area contributed by atoms with E-state index in [2.05, 4.69) is 22.9 Å². The number of aryl methyl sites for hydroxylation is 1. The number of thioether (sulfide) groups is 1. The molecule has 1 amide bonds. The van der Waals surface area contributed by atoms with Gasteiger partial charge in [-0.15, -0.1) is 0 Å². The van der Waals surface area contributed by atoms with Crippen LogP contribution in [0.25, 0.3) is 5.69 Å². The first kappa shape index (κ1) is 20.4. The number of para-hydroxylation sites is 1. The maximum Gasteiger partial charge on any atom is 0.233 e. The highest BCUT2D eigenvalue weighted by molar-refractivity contribution is 7.99. The number of aromatic nitrogens is 2. The molecule has 0 radical (unpaired) electrons. The van der Waals surface area contributed by atoms with Gasteiger partial charge >= 0.3 is 0 Å². The molecule has 2 saturated heterocycles. The smallest absolute Gasteiger partial charge is 0.233 e. The largest absolute Gasteiger partial charge is 0.339 e. The van der Waals surface area contributed by atoms with Crippen molar-refractivity contribution in [3.63, 3.8) is 0 Å². The molecule has 0 aliphatic carbocycles. The standard InChI is InChI=1S/C20H26N4O3S2/c1-16-4-2-3-5-18(16)24-8-7-21-20(24)28-14-19(25)23-11-9-22(10-12-23)17-6-13-29(26,27)15-17/h2-5,7-8,17H,6,9-15H2,1H3/t17-/m0/s1. The van der Waals surface area contributed by atoms with Crippen molar-refractivity contribution in [2.45, 2.75) is 24.5 Å². The molecule has 2 aliphatic heterocycles. The fourth-order valence-electron chi connectivity index (χ4n) is 4.03. The lowest BCUT2D eigenvalue weighted by Gasteiger charge is -2.37. The Morgan fingerprint density at radius 3 is 2.66 bits per heavy atom. The third kappa shape index (κ3) is 4.67. The molecule has 2 fully saturated rings. The lowest BCUT2D eigenvalue weighted by Crippen LogP contribution is -2.52. The molecule has 2 aromatic rings. The quantitative estimate of drug-likeness (QED) is 0.666. The molecule has 156 valence electrons. The summed E-state index contributed by atoms with van der Waals surface area (Å²) in [6, 6.07) is 8.23. The molecule has 9 heteroatoms. The van der Waals surface area contributed by atoms with Gasteiger partial charge in [-0.1, -0.05) is 30.0 Å². The Hall–Kier alpha value is -1.84. The van der Waals surface area contributed by atoms with Gasteiger partial charge in [-0.05, 0) is 25.0 Å². The van der Waals surface area contributed by atoms with Gasteiger partial charge in [0, 0.05) is 44.6 Å². The van der Waals surface area contributed by atoms with Crippen LogP contribution >= 0.6 is 11.8 Å². The number of carbonyl (C=O) groups is 1. The van der Waals surface area contributed by atoms with Crippen molar-refractivity contribution in [3.8, 4) is 5.69 Å². The van der Waals surface area contributed by atoms with Crippen LogP contribution in [0, 0.1) is 6.92 Å². The van der Waals surface area contributed by atoms with Crippen LogP contribution in [0.15, 0.2) is 41.8 Å². The summed E-state index contributed by atoms with van der Waals surface area (Å²) < 4.78 is 25.4. The Bertz CT molecular complexity index is 981. The minimum atomic E-state index is -2.87. The number of hydrogen-bond acceptors (Lipinski definition) is 6. The number of piperazine rings is 1. The van der Waals surface area contributed by atoms with E-state index in [1.54, 1.807) is 6.20 Å². The Balaban J connectivity index is 1.31. The monoisotopic (exact) mass is 434 g/mol. The van der Waals surface area contributed by atoms with Crippen LogP contribution in [0.4, 0.5) is 0 Å². The van der Waals surface area contributed by atoms with Gasteiger partial charge in [0.05, 0.1) is 22.9 Å². The van der Waals surface area contributed by atoms with Crippen molar-refractivity contribution in [1.29, 1.82) is 0 Å². The Morgan fingerprint density at radius 2 is 1.97 bits per heavy atom. The minimum Gasteiger partial charge on any atom is -0.339 e. The van der Waals surface area contributed by atoms with Gasteiger partial charge in [-0.3, -0.25) is 14.3 Å². The molecule has 3 heterocycles. The van der Waals surface area contributed by atoms with Gasteiger partial charge in [0.25, 0.3) is 0 Å². The summed E-state index contributed by atoms with van der Waals surface area (Å²) in [5.41, 5.74) is 2.23. The predicted octanol–water partition coefficient (Wildman–Crippen LogP) is 1.60. The Labute approximate surface area is 176 Å². The number of nitrogens with zero attached hydrogens (tertiary/aromatic N) is 4. The number of amides is 1. The van der Waals surface area contributed by atoms with Crippen LogP contribution < -0.4 is 0 Å². The first-order chi connectivity index (χ1) is 13.9. The van der Waals surface area contributed by atoms with Gasteiger partial charge in [0.1, 0.15) is 0 Å². The molecule has 1 aromatic carbocycles. The van der Waals surface area contributed by atoms with E-state index >= 15 is 0 Å². The first-order valence-corrected chi connectivity index (χ1v) is 12.7. The highest BCUT2D eigenvalue weighted by Crippen LogP contribution is 2.24. The second-order valence-electron chi connectivity index (χ2n) is 7.63. The molecule has 29 heavy (non-hydrogen) atoms. The number of sulfone groups is 1. The summed E-state index contributed by atoms with van der Waals surface area (Å²) in [5.74, 6) is 1.01. The highest BCUT2D eigenvalue weighted by atomic mass is 32.2. The van der Waals surface area contributed by atoms with Crippen molar-refractivity contribution in [2.75, 3.05) is 43.4 Å². The summed E-state index contributed by atoms with van der Waals surface area (Å²) in [7, 11) is -2.87. The van der Waals surface area contributed by atoms with E-state index in [0.29, 0.717) is 31.0 Å². The lowest BCUT2D eigenvalue weighted by atomic mass is 10.2.